The van der Waals surface area contributed by atoms with Gasteiger partial charge in [0.15, 0.2) is 5.65 Å². The van der Waals surface area contributed by atoms with Crippen LogP contribution in [0, 0.1) is 11.3 Å². The van der Waals surface area contributed by atoms with Crippen LogP contribution in [0.1, 0.15) is 17.0 Å². The molecule has 38 heavy (non-hydrogen) atoms. The predicted molar refractivity (Wildman–Crippen MR) is 141 cm³/mol. The van der Waals surface area contributed by atoms with Crippen molar-refractivity contribution >= 4 is 21.2 Å². The summed E-state index contributed by atoms with van der Waals surface area (Å²) in [5.74, 6) is 1.39. The number of aromatic nitrogens is 4. The van der Waals surface area contributed by atoms with E-state index in [1.54, 1.807) is 56.8 Å². The van der Waals surface area contributed by atoms with Crippen LogP contribution in [0.25, 0.3) is 22.4 Å². The molecule has 3 heterocycles. The van der Waals surface area contributed by atoms with Gasteiger partial charge >= 0.3 is 0 Å². The Morgan fingerprint density at radius 1 is 0.921 bits per heavy atom. The van der Waals surface area contributed by atoms with Crippen molar-refractivity contribution < 1.29 is 17.9 Å². The SMILES string of the molecule is COc1cc(CCc2cnc3c(cc(-c4ccnc(C#N)c4)n3S(=O)(=O)c3ccccc3)n2)cc(OC)c1. The van der Waals surface area contributed by atoms with Crippen molar-refractivity contribution in [3.63, 3.8) is 0 Å². The molecule has 0 N–H and O–H groups in total. The second-order valence-corrected chi connectivity index (χ2v) is 10.2. The monoisotopic (exact) mass is 525 g/mol. The molecule has 10 heteroatoms. The highest BCUT2D eigenvalue weighted by molar-refractivity contribution is 7.90. The molecule has 5 aromatic rings. The number of hydrogen-bond acceptors (Lipinski definition) is 8. The minimum atomic E-state index is -4.02. The summed E-state index contributed by atoms with van der Waals surface area (Å²) in [5.41, 5.74) is 3.37. The lowest BCUT2D eigenvalue weighted by Gasteiger charge is -2.12. The Hall–Kier alpha value is -4.75. The molecular formula is C28H23N5O4S. The average molecular weight is 526 g/mol. The predicted octanol–water partition coefficient (Wildman–Crippen LogP) is 4.40. The molecule has 0 bridgehead atoms. The summed E-state index contributed by atoms with van der Waals surface area (Å²) in [6.07, 6.45) is 4.28. The summed E-state index contributed by atoms with van der Waals surface area (Å²) in [7, 11) is -0.815. The van der Waals surface area contributed by atoms with E-state index >= 15 is 0 Å². The van der Waals surface area contributed by atoms with Crippen LogP contribution in [-0.2, 0) is 22.9 Å². The van der Waals surface area contributed by atoms with Crippen LogP contribution >= 0.6 is 0 Å². The summed E-state index contributed by atoms with van der Waals surface area (Å²) in [6.45, 7) is 0. The van der Waals surface area contributed by atoms with Crippen molar-refractivity contribution in [2.24, 2.45) is 0 Å². The lowest BCUT2D eigenvalue weighted by molar-refractivity contribution is 0.393. The first kappa shape index (κ1) is 24.9. The first-order valence-electron chi connectivity index (χ1n) is 11.7. The highest BCUT2D eigenvalue weighted by Gasteiger charge is 2.25. The van der Waals surface area contributed by atoms with Crippen LogP contribution in [0.4, 0.5) is 0 Å². The molecule has 0 amide bonds. The number of pyridine rings is 1. The molecule has 0 atom stereocenters. The Labute approximate surface area is 220 Å². The first-order chi connectivity index (χ1) is 18.4. The summed E-state index contributed by atoms with van der Waals surface area (Å²) in [4.78, 5) is 13.4. The fraction of sp³-hybridized carbons (Fsp3) is 0.143. The third-order valence-electron chi connectivity index (χ3n) is 6.05. The Balaban J connectivity index is 1.59. The van der Waals surface area contributed by atoms with Crippen molar-refractivity contribution in [2.75, 3.05) is 14.2 Å². The van der Waals surface area contributed by atoms with E-state index in [-0.39, 0.29) is 16.2 Å². The van der Waals surface area contributed by atoms with Crippen LogP contribution in [-0.4, -0.2) is 41.6 Å². The minimum absolute atomic E-state index is 0.117. The highest BCUT2D eigenvalue weighted by Crippen LogP contribution is 2.31. The molecule has 5 rings (SSSR count). The van der Waals surface area contributed by atoms with E-state index in [4.69, 9.17) is 14.5 Å². The Kier molecular flexibility index (Phi) is 6.77. The third kappa shape index (κ3) is 4.79. The molecule has 0 spiro atoms. The molecule has 0 unspecified atom stereocenters. The Morgan fingerprint density at radius 2 is 1.66 bits per heavy atom. The van der Waals surface area contributed by atoms with E-state index in [1.165, 1.54) is 22.3 Å². The summed E-state index contributed by atoms with van der Waals surface area (Å²) in [5, 5.41) is 9.33. The van der Waals surface area contributed by atoms with Crippen molar-refractivity contribution in [3.05, 3.63) is 96.1 Å². The van der Waals surface area contributed by atoms with Crippen molar-refractivity contribution in [1.29, 1.82) is 5.26 Å². The molecule has 9 nitrogen and oxygen atoms in total. The summed E-state index contributed by atoms with van der Waals surface area (Å²) >= 11 is 0. The zero-order valence-corrected chi connectivity index (χ0v) is 21.5. The lowest BCUT2D eigenvalue weighted by atomic mass is 10.1. The molecule has 0 fully saturated rings. The number of aryl methyl sites for hydroxylation is 2. The topological polar surface area (TPSA) is 120 Å². The van der Waals surface area contributed by atoms with E-state index in [0.29, 0.717) is 46.8 Å². The smallest absolute Gasteiger partial charge is 0.269 e. The summed E-state index contributed by atoms with van der Waals surface area (Å²) < 4.78 is 39.4. The number of nitrogens with zero attached hydrogens (tertiary/aromatic N) is 5. The van der Waals surface area contributed by atoms with Gasteiger partial charge in [0.25, 0.3) is 10.0 Å². The van der Waals surface area contributed by atoms with E-state index in [0.717, 1.165) is 5.56 Å². The van der Waals surface area contributed by atoms with Gasteiger partial charge in [-0.2, -0.15) is 5.26 Å². The number of benzene rings is 2. The number of rotatable bonds is 8. The maximum atomic E-state index is 13.8. The second kappa shape index (κ2) is 10.3. The largest absolute Gasteiger partial charge is 0.497 e. The van der Waals surface area contributed by atoms with E-state index in [9.17, 15) is 13.7 Å². The van der Waals surface area contributed by atoms with Gasteiger partial charge in [0.2, 0.25) is 0 Å². The van der Waals surface area contributed by atoms with Gasteiger partial charge in [-0.3, -0.25) is 0 Å². The fourth-order valence-corrected chi connectivity index (χ4v) is 5.68. The van der Waals surface area contributed by atoms with Gasteiger partial charge in [0, 0.05) is 17.8 Å². The molecule has 0 saturated carbocycles. The summed E-state index contributed by atoms with van der Waals surface area (Å²) in [6, 6.07) is 20.7. The molecule has 190 valence electrons. The number of fused-ring (bicyclic) bond motifs is 1. The quantitative estimate of drug-likeness (QED) is 0.292. The minimum Gasteiger partial charge on any atom is -0.497 e. The first-order valence-corrected chi connectivity index (χ1v) is 13.1. The third-order valence-corrected chi connectivity index (χ3v) is 7.76. The molecular weight excluding hydrogens is 502 g/mol. The van der Waals surface area contributed by atoms with Gasteiger partial charge in [-0.05, 0) is 60.9 Å². The standard InChI is InChI=1S/C28H23N5O4S/c1-36-23-12-19(13-24(15-23)37-2)8-9-21-18-31-28-26(32-21)16-27(20-10-11-30-22(14-20)17-29)33(28)38(34,35)25-6-4-3-5-7-25/h3-7,10-16,18H,8-9H2,1-2H3. The van der Waals surface area contributed by atoms with Crippen molar-refractivity contribution in [3.8, 4) is 28.8 Å². The van der Waals surface area contributed by atoms with Crippen LogP contribution in [0.3, 0.4) is 0 Å². The lowest BCUT2D eigenvalue weighted by Crippen LogP contribution is -2.15. The zero-order chi connectivity index (χ0) is 26.7. The van der Waals surface area contributed by atoms with Gasteiger partial charge in [0.05, 0.1) is 36.7 Å². The Bertz CT molecular complexity index is 1750. The molecule has 0 saturated heterocycles. The van der Waals surface area contributed by atoms with Gasteiger partial charge in [-0.1, -0.05) is 18.2 Å². The van der Waals surface area contributed by atoms with Gasteiger partial charge < -0.3 is 9.47 Å². The normalized spacial score (nSPS) is 11.3. The van der Waals surface area contributed by atoms with Crippen LogP contribution in [0.2, 0.25) is 0 Å². The van der Waals surface area contributed by atoms with Crippen molar-refractivity contribution in [1.82, 2.24) is 18.9 Å². The zero-order valence-electron chi connectivity index (χ0n) is 20.7. The van der Waals surface area contributed by atoms with Crippen molar-refractivity contribution in [2.45, 2.75) is 17.7 Å². The molecule has 3 aromatic heterocycles. The van der Waals surface area contributed by atoms with Crippen LogP contribution in [0.15, 0.2) is 84.0 Å². The number of hydrogen-bond donors (Lipinski definition) is 0. The van der Waals surface area contributed by atoms with E-state index < -0.39 is 10.0 Å². The van der Waals surface area contributed by atoms with Crippen LogP contribution in [0.5, 0.6) is 11.5 Å². The molecule has 2 aromatic carbocycles. The fourth-order valence-electron chi connectivity index (χ4n) is 4.19. The second-order valence-electron chi connectivity index (χ2n) is 8.44. The van der Waals surface area contributed by atoms with Crippen LogP contribution < -0.4 is 9.47 Å². The van der Waals surface area contributed by atoms with E-state index in [2.05, 4.69) is 9.97 Å². The molecule has 0 aliphatic heterocycles. The van der Waals surface area contributed by atoms with Gasteiger partial charge in [-0.15, -0.1) is 0 Å². The van der Waals surface area contributed by atoms with E-state index in [1.807, 2.05) is 24.3 Å². The Morgan fingerprint density at radius 3 is 2.34 bits per heavy atom. The molecule has 0 aliphatic rings. The van der Waals surface area contributed by atoms with Gasteiger partial charge in [-0.25, -0.2) is 27.3 Å². The van der Waals surface area contributed by atoms with Gasteiger partial charge in [0.1, 0.15) is 28.8 Å². The molecule has 0 radical (unpaired) electrons. The average Bonchev–Trinajstić information content (AvgIpc) is 3.36. The molecule has 0 aliphatic carbocycles. The maximum Gasteiger partial charge on any atom is 0.269 e. The number of nitriles is 1. The maximum absolute atomic E-state index is 13.8. The number of ether oxygens (including phenoxy) is 2. The number of methoxy groups -OCH3 is 2. The highest BCUT2D eigenvalue weighted by atomic mass is 32.2.